The molecular formula is C16H24N2O3. The lowest BCUT2D eigenvalue weighted by atomic mass is 10.1. The van der Waals surface area contributed by atoms with Crippen molar-refractivity contribution in [2.24, 2.45) is 5.92 Å². The number of benzene rings is 1. The second-order valence-corrected chi connectivity index (χ2v) is 5.37. The van der Waals surface area contributed by atoms with Crippen LogP contribution in [0.15, 0.2) is 30.3 Å². The number of amides is 2. The summed E-state index contributed by atoms with van der Waals surface area (Å²) >= 11 is 0. The van der Waals surface area contributed by atoms with Crippen LogP contribution in [-0.2, 0) is 9.53 Å². The van der Waals surface area contributed by atoms with Crippen LogP contribution >= 0.6 is 0 Å². The molecule has 0 aromatic heterocycles. The molecule has 0 fully saturated rings. The number of rotatable bonds is 7. The molecule has 1 aromatic rings. The molecule has 0 radical (unpaired) electrons. The van der Waals surface area contributed by atoms with E-state index in [0.29, 0.717) is 12.5 Å². The van der Waals surface area contributed by atoms with Crippen molar-refractivity contribution in [2.75, 3.05) is 13.2 Å². The molecule has 116 valence electrons. The molecule has 1 aromatic carbocycles. The SMILES string of the molecule is CC(C)COC(=O)NCCC(=O)N[C@@H](C)c1ccccc1. The molecule has 5 heteroatoms. The molecule has 1 rings (SSSR count). The summed E-state index contributed by atoms with van der Waals surface area (Å²) in [5, 5.41) is 5.45. The summed E-state index contributed by atoms with van der Waals surface area (Å²) in [5.41, 5.74) is 1.05. The van der Waals surface area contributed by atoms with E-state index in [9.17, 15) is 9.59 Å². The third kappa shape index (κ3) is 7.34. The van der Waals surface area contributed by atoms with E-state index in [0.717, 1.165) is 5.56 Å². The van der Waals surface area contributed by atoms with Crippen LogP contribution < -0.4 is 10.6 Å². The van der Waals surface area contributed by atoms with E-state index >= 15 is 0 Å². The second-order valence-electron chi connectivity index (χ2n) is 5.37. The lowest BCUT2D eigenvalue weighted by molar-refractivity contribution is -0.121. The van der Waals surface area contributed by atoms with Crippen molar-refractivity contribution >= 4 is 12.0 Å². The smallest absolute Gasteiger partial charge is 0.407 e. The number of hydrogen-bond acceptors (Lipinski definition) is 3. The van der Waals surface area contributed by atoms with Gasteiger partial charge < -0.3 is 15.4 Å². The van der Waals surface area contributed by atoms with Gasteiger partial charge in [-0.1, -0.05) is 44.2 Å². The standard InChI is InChI=1S/C16H24N2O3/c1-12(2)11-21-16(20)17-10-9-15(19)18-13(3)14-7-5-4-6-8-14/h4-8,12-13H,9-11H2,1-3H3,(H,17,20)(H,18,19)/t13-/m0/s1. The largest absolute Gasteiger partial charge is 0.449 e. The van der Waals surface area contributed by atoms with Gasteiger partial charge in [0.25, 0.3) is 0 Å². The van der Waals surface area contributed by atoms with Crippen LogP contribution in [0.1, 0.15) is 38.8 Å². The summed E-state index contributed by atoms with van der Waals surface area (Å²) in [7, 11) is 0. The predicted molar refractivity (Wildman–Crippen MR) is 81.8 cm³/mol. The van der Waals surface area contributed by atoms with Gasteiger partial charge in [-0.25, -0.2) is 4.79 Å². The van der Waals surface area contributed by atoms with Crippen molar-refractivity contribution in [1.82, 2.24) is 10.6 Å². The minimum absolute atomic E-state index is 0.0495. The van der Waals surface area contributed by atoms with Crippen molar-refractivity contribution in [3.05, 3.63) is 35.9 Å². The number of carbonyl (C=O) groups excluding carboxylic acids is 2. The van der Waals surface area contributed by atoms with Crippen LogP contribution in [0.25, 0.3) is 0 Å². The van der Waals surface area contributed by atoms with Crippen LogP contribution in [0.5, 0.6) is 0 Å². The summed E-state index contributed by atoms with van der Waals surface area (Å²) < 4.78 is 4.95. The van der Waals surface area contributed by atoms with Gasteiger partial charge in [-0.05, 0) is 18.4 Å². The predicted octanol–water partition coefficient (Wildman–Crippen LogP) is 2.64. The first-order chi connectivity index (χ1) is 9.99. The van der Waals surface area contributed by atoms with E-state index in [1.54, 1.807) is 0 Å². The fourth-order valence-electron chi connectivity index (χ4n) is 1.71. The fraction of sp³-hybridized carbons (Fsp3) is 0.500. The van der Waals surface area contributed by atoms with E-state index in [4.69, 9.17) is 4.74 Å². The minimum atomic E-state index is -0.479. The number of carbonyl (C=O) groups is 2. The van der Waals surface area contributed by atoms with E-state index in [1.165, 1.54) is 0 Å². The third-order valence-electron chi connectivity index (χ3n) is 2.85. The third-order valence-corrected chi connectivity index (χ3v) is 2.85. The highest BCUT2D eigenvalue weighted by molar-refractivity contribution is 5.77. The van der Waals surface area contributed by atoms with Crippen LogP contribution in [0.4, 0.5) is 4.79 Å². The number of hydrogen-bond donors (Lipinski definition) is 2. The molecule has 2 N–H and O–H groups in total. The summed E-state index contributed by atoms with van der Waals surface area (Å²) in [6.07, 6.45) is -0.249. The second kappa shape index (κ2) is 9.00. The van der Waals surface area contributed by atoms with Crippen molar-refractivity contribution in [2.45, 2.75) is 33.2 Å². The highest BCUT2D eigenvalue weighted by atomic mass is 16.5. The maximum absolute atomic E-state index is 11.8. The Morgan fingerprint density at radius 3 is 2.43 bits per heavy atom. The Bertz CT molecular complexity index is 446. The molecular weight excluding hydrogens is 268 g/mol. The normalized spacial score (nSPS) is 11.8. The van der Waals surface area contributed by atoms with Crippen molar-refractivity contribution in [3.8, 4) is 0 Å². The lowest BCUT2D eigenvalue weighted by Gasteiger charge is -2.14. The first kappa shape index (κ1) is 17.0. The summed E-state index contributed by atoms with van der Waals surface area (Å²) in [5.74, 6) is 0.196. The number of ether oxygens (including phenoxy) is 1. The zero-order valence-electron chi connectivity index (χ0n) is 12.9. The Hall–Kier alpha value is -2.04. The van der Waals surface area contributed by atoms with E-state index in [2.05, 4.69) is 10.6 Å². The zero-order chi connectivity index (χ0) is 15.7. The fourth-order valence-corrected chi connectivity index (χ4v) is 1.71. The van der Waals surface area contributed by atoms with Gasteiger partial charge in [-0.2, -0.15) is 0 Å². The maximum atomic E-state index is 11.8. The van der Waals surface area contributed by atoms with Gasteiger partial charge in [0.2, 0.25) is 5.91 Å². The Morgan fingerprint density at radius 1 is 1.14 bits per heavy atom. The Labute approximate surface area is 126 Å². The van der Waals surface area contributed by atoms with Gasteiger partial charge in [0.1, 0.15) is 0 Å². The summed E-state index contributed by atoms with van der Waals surface area (Å²) in [6, 6.07) is 9.68. The minimum Gasteiger partial charge on any atom is -0.449 e. The number of nitrogens with one attached hydrogen (secondary N) is 2. The Kier molecular flexibility index (Phi) is 7.29. The average molecular weight is 292 g/mol. The van der Waals surface area contributed by atoms with Gasteiger partial charge in [0.05, 0.1) is 12.6 Å². The van der Waals surface area contributed by atoms with E-state index < -0.39 is 6.09 Å². The van der Waals surface area contributed by atoms with Crippen LogP contribution in [0.2, 0.25) is 0 Å². The van der Waals surface area contributed by atoms with Gasteiger partial charge >= 0.3 is 6.09 Å². The highest BCUT2D eigenvalue weighted by Crippen LogP contribution is 2.10. The molecule has 0 saturated carbocycles. The molecule has 0 unspecified atom stereocenters. The Balaban J connectivity index is 2.21. The molecule has 0 spiro atoms. The van der Waals surface area contributed by atoms with Gasteiger partial charge in [0, 0.05) is 13.0 Å². The molecule has 0 aliphatic rings. The molecule has 0 aliphatic carbocycles. The highest BCUT2D eigenvalue weighted by Gasteiger charge is 2.10. The summed E-state index contributed by atoms with van der Waals surface area (Å²) in [6.45, 7) is 6.50. The van der Waals surface area contributed by atoms with Gasteiger partial charge in [0.15, 0.2) is 0 Å². The van der Waals surface area contributed by atoms with Gasteiger partial charge in [-0.3, -0.25) is 4.79 Å². The average Bonchev–Trinajstić information content (AvgIpc) is 2.46. The van der Waals surface area contributed by atoms with Crippen LogP contribution in [0, 0.1) is 5.92 Å². The molecule has 0 aliphatic heterocycles. The lowest BCUT2D eigenvalue weighted by Crippen LogP contribution is -2.32. The van der Waals surface area contributed by atoms with Crippen molar-refractivity contribution in [1.29, 1.82) is 0 Å². The molecule has 0 bridgehead atoms. The Morgan fingerprint density at radius 2 is 1.81 bits per heavy atom. The maximum Gasteiger partial charge on any atom is 0.407 e. The molecule has 2 amide bonds. The number of alkyl carbamates (subject to hydrolysis) is 1. The molecule has 0 heterocycles. The van der Waals surface area contributed by atoms with Crippen LogP contribution in [0.3, 0.4) is 0 Å². The van der Waals surface area contributed by atoms with Crippen molar-refractivity contribution < 1.29 is 14.3 Å². The van der Waals surface area contributed by atoms with E-state index in [-0.39, 0.29) is 24.9 Å². The van der Waals surface area contributed by atoms with E-state index in [1.807, 2.05) is 51.1 Å². The monoisotopic (exact) mass is 292 g/mol. The molecule has 1 atom stereocenters. The first-order valence-corrected chi connectivity index (χ1v) is 7.24. The van der Waals surface area contributed by atoms with Crippen LogP contribution in [-0.4, -0.2) is 25.2 Å². The zero-order valence-corrected chi connectivity index (χ0v) is 12.9. The van der Waals surface area contributed by atoms with Crippen molar-refractivity contribution in [3.63, 3.8) is 0 Å². The molecule has 0 saturated heterocycles. The molecule has 21 heavy (non-hydrogen) atoms. The van der Waals surface area contributed by atoms with Gasteiger partial charge in [-0.15, -0.1) is 0 Å². The first-order valence-electron chi connectivity index (χ1n) is 7.24. The molecule has 5 nitrogen and oxygen atoms in total. The quantitative estimate of drug-likeness (QED) is 0.812. The summed E-state index contributed by atoms with van der Waals surface area (Å²) in [4.78, 5) is 23.1. The topological polar surface area (TPSA) is 67.4 Å².